The lowest BCUT2D eigenvalue weighted by Gasteiger charge is -2.24. The third-order valence-electron chi connectivity index (χ3n) is 3.65. The predicted octanol–water partition coefficient (Wildman–Crippen LogP) is 2.69. The van der Waals surface area contributed by atoms with Crippen molar-refractivity contribution in [2.24, 2.45) is 5.92 Å². The molecule has 2 unspecified atom stereocenters. The Balaban J connectivity index is 2.23. The number of aryl methyl sites for hydroxylation is 1. The molecule has 1 aromatic rings. The first-order valence-electron chi connectivity index (χ1n) is 6.72. The van der Waals surface area contributed by atoms with Gasteiger partial charge in [-0.25, -0.2) is 0 Å². The zero-order valence-corrected chi connectivity index (χ0v) is 11.5. The third-order valence-corrected chi connectivity index (χ3v) is 3.65. The van der Waals surface area contributed by atoms with E-state index in [2.05, 4.69) is 37.4 Å². The van der Waals surface area contributed by atoms with Gasteiger partial charge in [0, 0.05) is 18.6 Å². The van der Waals surface area contributed by atoms with Gasteiger partial charge in [0.25, 0.3) is 0 Å². The predicted molar refractivity (Wildman–Crippen MR) is 73.1 cm³/mol. The van der Waals surface area contributed by atoms with E-state index < -0.39 is 0 Å². The van der Waals surface area contributed by atoms with Gasteiger partial charge in [-0.1, -0.05) is 19.1 Å². The van der Waals surface area contributed by atoms with Crippen molar-refractivity contribution < 1.29 is 9.47 Å². The van der Waals surface area contributed by atoms with Crippen molar-refractivity contribution in [1.29, 1.82) is 0 Å². The molecular formula is C15H23NO2. The lowest BCUT2D eigenvalue weighted by Crippen LogP contribution is -2.28. The van der Waals surface area contributed by atoms with Crippen LogP contribution in [-0.2, 0) is 4.74 Å². The molecule has 0 bridgehead atoms. The van der Waals surface area contributed by atoms with E-state index in [0.29, 0.717) is 12.0 Å². The number of methoxy groups -OCH3 is 1. The number of ether oxygens (including phenoxy) is 2. The molecule has 3 heteroatoms. The van der Waals surface area contributed by atoms with Crippen molar-refractivity contribution in [3.63, 3.8) is 0 Å². The number of hydrogen-bond donors (Lipinski definition) is 1. The zero-order valence-electron chi connectivity index (χ0n) is 11.5. The van der Waals surface area contributed by atoms with Gasteiger partial charge in [0.05, 0.1) is 13.7 Å². The molecule has 100 valence electrons. The molecule has 0 aliphatic carbocycles. The maximum atomic E-state index is 5.51. The zero-order chi connectivity index (χ0) is 13.0. The highest BCUT2D eigenvalue weighted by molar-refractivity contribution is 5.38. The van der Waals surface area contributed by atoms with E-state index >= 15 is 0 Å². The second-order valence-electron chi connectivity index (χ2n) is 4.89. The van der Waals surface area contributed by atoms with Crippen LogP contribution in [0.3, 0.4) is 0 Å². The molecular weight excluding hydrogens is 226 g/mol. The highest BCUT2D eigenvalue weighted by atomic mass is 16.5. The van der Waals surface area contributed by atoms with Crippen molar-refractivity contribution >= 4 is 0 Å². The topological polar surface area (TPSA) is 30.5 Å². The molecule has 1 saturated heterocycles. The van der Waals surface area contributed by atoms with Gasteiger partial charge in [0.1, 0.15) is 5.75 Å². The summed E-state index contributed by atoms with van der Waals surface area (Å²) >= 11 is 0. The van der Waals surface area contributed by atoms with Crippen LogP contribution < -0.4 is 10.1 Å². The van der Waals surface area contributed by atoms with Gasteiger partial charge in [0.2, 0.25) is 0 Å². The van der Waals surface area contributed by atoms with Gasteiger partial charge in [0.15, 0.2) is 0 Å². The van der Waals surface area contributed by atoms with Gasteiger partial charge in [-0.15, -0.1) is 0 Å². The van der Waals surface area contributed by atoms with Crippen LogP contribution in [0.5, 0.6) is 5.75 Å². The molecule has 0 spiro atoms. The molecule has 1 aromatic carbocycles. The minimum absolute atomic E-state index is 0.368. The molecule has 2 atom stereocenters. The van der Waals surface area contributed by atoms with Crippen LogP contribution in [-0.4, -0.2) is 26.9 Å². The SMILES string of the molecule is CCNC(c1ccc(C)c(OC)c1)C1CCOC1. The van der Waals surface area contributed by atoms with Crippen LogP contribution in [0.4, 0.5) is 0 Å². The van der Waals surface area contributed by atoms with Crippen molar-refractivity contribution in [3.05, 3.63) is 29.3 Å². The average Bonchev–Trinajstić information content (AvgIpc) is 2.90. The molecule has 3 nitrogen and oxygen atoms in total. The number of benzene rings is 1. The third kappa shape index (κ3) is 2.85. The average molecular weight is 249 g/mol. The maximum absolute atomic E-state index is 5.51. The Morgan fingerprint density at radius 1 is 1.50 bits per heavy atom. The smallest absolute Gasteiger partial charge is 0.122 e. The van der Waals surface area contributed by atoms with E-state index in [1.807, 2.05) is 0 Å². The Morgan fingerprint density at radius 2 is 2.33 bits per heavy atom. The van der Waals surface area contributed by atoms with Crippen LogP contribution in [0.25, 0.3) is 0 Å². The van der Waals surface area contributed by atoms with E-state index in [-0.39, 0.29) is 0 Å². The standard InChI is InChI=1S/C15H23NO2/c1-4-16-15(13-7-8-18-10-13)12-6-5-11(2)14(9-12)17-3/h5-6,9,13,15-16H,4,7-8,10H2,1-3H3. The summed E-state index contributed by atoms with van der Waals surface area (Å²) in [5, 5.41) is 3.58. The van der Waals surface area contributed by atoms with Gasteiger partial charge in [-0.3, -0.25) is 0 Å². The number of rotatable bonds is 5. The molecule has 1 aliphatic heterocycles. The van der Waals surface area contributed by atoms with Gasteiger partial charge in [-0.2, -0.15) is 0 Å². The first-order chi connectivity index (χ1) is 8.76. The minimum Gasteiger partial charge on any atom is -0.496 e. The summed E-state index contributed by atoms with van der Waals surface area (Å²) in [6.45, 7) is 6.93. The summed E-state index contributed by atoms with van der Waals surface area (Å²) in [7, 11) is 1.73. The fourth-order valence-corrected chi connectivity index (χ4v) is 2.62. The van der Waals surface area contributed by atoms with Gasteiger partial charge in [-0.05, 0) is 37.1 Å². The normalized spacial score (nSPS) is 20.9. The lowest BCUT2D eigenvalue weighted by molar-refractivity contribution is 0.177. The van der Waals surface area contributed by atoms with E-state index in [0.717, 1.165) is 31.9 Å². The quantitative estimate of drug-likeness (QED) is 0.870. The summed E-state index contributed by atoms with van der Waals surface area (Å²) in [5.74, 6) is 1.53. The Labute approximate surface area is 109 Å². The Hall–Kier alpha value is -1.06. The summed E-state index contributed by atoms with van der Waals surface area (Å²) in [4.78, 5) is 0. The second-order valence-corrected chi connectivity index (χ2v) is 4.89. The van der Waals surface area contributed by atoms with E-state index in [4.69, 9.17) is 9.47 Å². The van der Waals surface area contributed by atoms with Crippen molar-refractivity contribution in [1.82, 2.24) is 5.32 Å². The fourth-order valence-electron chi connectivity index (χ4n) is 2.62. The van der Waals surface area contributed by atoms with E-state index in [9.17, 15) is 0 Å². The Bertz CT molecular complexity index is 386. The van der Waals surface area contributed by atoms with Gasteiger partial charge < -0.3 is 14.8 Å². The van der Waals surface area contributed by atoms with Crippen LogP contribution in [0.1, 0.15) is 30.5 Å². The molecule has 0 aromatic heterocycles. The number of nitrogens with one attached hydrogen (secondary N) is 1. The molecule has 0 saturated carbocycles. The van der Waals surface area contributed by atoms with Crippen LogP contribution in [0.15, 0.2) is 18.2 Å². The largest absolute Gasteiger partial charge is 0.496 e. The summed E-state index contributed by atoms with van der Waals surface area (Å²) in [6.07, 6.45) is 1.13. The Kier molecular flexibility index (Phi) is 4.61. The highest BCUT2D eigenvalue weighted by Crippen LogP contribution is 2.31. The highest BCUT2D eigenvalue weighted by Gasteiger charge is 2.26. The summed E-state index contributed by atoms with van der Waals surface area (Å²) in [6, 6.07) is 6.85. The number of hydrogen-bond acceptors (Lipinski definition) is 3. The van der Waals surface area contributed by atoms with Crippen molar-refractivity contribution in [2.45, 2.75) is 26.3 Å². The van der Waals surface area contributed by atoms with Crippen LogP contribution in [0, 0.1) is 12.8 Å². The van der Waals surface area contributed by atoms with Crippen LogP contribution in [0.2, 0.25) is 0 Å². The monoisotopic (exact) mass is 249 g/mol. The van der Waals surface area contributed by atoms with E-state index in [1.165, 1.54) is 11.1 Å². The van der Waals surface area contributed by atoms with Crippen molar-refractivity contribution in [2.75, 3.05) is 26.9 Å². The molecule has 1 N–H and O–H groups in total. The van der Waals surface area contributed by atoms with Crippen molar-refractivity contribution in [3.8, 4) is 5.75 Å². The lowest BCUT2D eigenvalue weighted by atomic mass is 9.91. The Morgan fingerprint density at radius 3 is 2.94 bits per heavy atom. The maximum Gasteiger partial charge on any atom is 0.122 e. The molecule has 1 heterocycles. The summed E-state index contributed by atoms with van der Waals surface area (Å²) < 4.78 is 10.9. The van der Waals surface area contributed by atoms with Gasteiger partial charge >= 0.3 is 0 Å². The molecule has 18 heavy (non-hydrogen) atoms. The summed E-state index contributed by atoms with van der Waals surface area (Å²) in [5.41, 5.74) is 2.48. The molecule has 0 amide bonds. The second kappa shape index (κ2) is 6.21. The first-order valence-corrected chi connectivity index (χ1v) is 6.72. The molecule has 2 rings (SSSR count). The molecule has 1 fully saturated rings. The van der Waals surface area contributed by atoms with E-state index in [1.54, 1.807) is 7.11 Å². The molecule has 1 aliphatic rings. The molecule has 0 radical (unpaired) electrons. The fraction of sp³-hybridized carbons (Fsp3) is 0.600. The minimum atomic E-state index is 0.368. The first kappa shape index (κ1) is 13.4. The van der Waals surface area contributed by atoms with Crippen LogP contribution >= 0.6 is 0 Å².